The molecule has 152 valence electrons. The van der Waals surface area contributed by atoms with E-state index < -0.39 is 4.92 Å². The second-order valence-electron chi connectivity index (χ2n) is 7.03. The van der Waals surface area contributed by atoms with E-state index in [1.54, 1.807) is 42.2 Å². The molecular weight excluding hydrogens is 374 g/mol. The number of carbonyl (C=O) groups excluding carboxylic acids is 2. The lowest BCUT2D eigenvalue weighted by Crippen LogP contribution is -2.42. The van der Waals surface area contributed by atoms with Gasteiger partial charge in [0, 0.05) is 36.8 Å². The van der Waals surface area contributed by atoms with Gasteiger partial charge in [0.15, 0.2) is 0 Å². The highest BCUT2D eigenvalue weighted by molar-refractivity contribution is 5.96. The predicted molar refractivity (Wildman–Crippen MR) is 107 cm³/mol. The average Bonchev–Trinajstić information content (AvgIpc) is 2.73. The molecule has 0 saturated carbocycles. The molecule has 1 aliphatic rings. The number of hydrogen-bond acceptors (Lipinski definition) is 5. The van der Waals surface area contributed by atoms with Crippen molar-refractivity contribution >= 4 is 17.7 Å². The molecule has 0 spiro atoms. The smallest absolute Gasteiger partial charge is 0.410 e. The molecule has 2 amide bonds. The molecule has 0 aliphatic carbocycles. The molecule has 2 aromatic carbocycles. The highest BCUT2D eigenvalue weighted by Gasteiger charge is 2.25. The number of piperidine rings is 1. The van der Waals surface area contributed by atoms with Crippen LogP contribution in [0.2, 0.25) is 0 Å². The third-order valence-electron chi connectivity index (χ3n) is 5.12. The number of hydrogen-bond donors (Lipinski definition) is 1. The van der Waals surface area contributed by atoms with Gasteiger partial charge in [0.25, 0.3) is 11.6 Å². The summed E-state index contributed by atoms with van der Waals surface area (Å²) in [4.78, 5) is 36.9. The van der Waals surface area contributed by atoms with Crippen molar-refractivity contribution in [3.05, 3.63) is 69.8 Å². The van der Waals surface area contributed by atoms with E-state index in [2.05, 4.69) is 5.32 Å². The lowest BCUT2D eigenvalue weighted by Gasteiger charge is -2.31. The topological polar surface area (TPSA) is 102 Å². The van der Waals surface area contributed by atoms with Crippen LogP contribution < -0.4 is 10.1 Å². The maximum absolute atomic E-state index is 12.4. The monoisotopic (exact) mass is 397 g/mol. The van der Waals surface area contributed by atoms with E-state index in [0.717, 1.165) is 12.8 Å². The van der Waals surface area contributed by atoms with E-state index in [1.807, 2.05) is 6.07 Å². The Kier molecular flexibility index (Phi) is 6.43. The van der Waals surface area contributed by atoms with Crippen LogP contribution in [0.4, 0.5) is 10.5 Å². The van der Waals surface area contributed by atoms with E-state index in [0.29, 0.717) is 36.5 Å². The summed E-state index contributed by atoms with van der Waals surface area (Å²) in [6.45, 7) is 3.15. The molecule has 1 N–H and O–H groups in total. The van der Waals surface area contributed by atoms with Crippen LogP contribution in [0.15, 0.2) is 48.5 Å². The Morgan fingerprint density at radius 1 is 1.14 bits per heavy atom. The number of nitro groups is 1. The number of likely N-dealkylation sites (tertiary alicyclic amines) is 1. The van der Waals surface area contributed by atoms with Crippen LogP contribution >= 0.6 is 0 Å². The van der Waals surface area contributed by atoms with Crippen LogP contribution in [0.3, 0.4) is 0 Å². The number of nitrogens with one attached hydrogen (secondary N) is 1. The zero-order chi connectivity index (χ0) is 20.8. The predicted octanol–water partition coefficient (Wildman–Crippen LogP) is 3.54. The number of amides is 2. The molecule has 0 unspecified atom stereocenters. The Hall–Kier alpha value is -3.42. The molecule has 0 aromatic heterocycles. The van der Waals surface area contributed by atoms with Crippen LogP contribution in [0.5, 0.6) is 5.75 Å². The van der Waals surface area contributed by atoms with Gasteiger partial charge < -0.3 is 15.0 Å². The number of nitro benzene ring substituents is 1. The first-order chi connectivity index (χ1) is 14.0. The van der Waals surface area contributed by atoms with Crippen molar-refractivity contribution < 1.29 is 19.2 Å². The minimum absolute atomic E-state index is 0.0668. The summed E-state index contributed by atoms with van der Waals surface area (Å²) >= 11 is 0. The minimum Gasteiger partial charge on any atom is -0.410 e. The van der Waals surface area contributed by atoms with Crippen molar-refractivity contribution in [2.75, 3.05) is 19.6 Å². The third-order valence-corrected chi connectivity index (χ3v) is 5.12. The van der Waals surface area contributed by atoms with Gasteiger partial charge in [-0.3, -0.25) is 14.9 Å². The summed E-state index contributed by atoms with van der Waals surface area (Å²) in [6.07, 6.45) is 1.13. The molecule has 0 atom stereocenters. The molecule has 1 aliphatic heterocycles. The average molecular weight is 397 g/mol. The summed E-state index contributed by atoms with van der Waals surface area (Å²) < 4.78 is 5.35. The van der Waals surface area contributed by atoms with Crippen LogP contribution in [0.25, 0.3) is 0 Å². The zero-order valence-corrected chi connectivity index (χ0v) is 16.2. The molecule has 1 saturated heterocycles. The van der Waals surface area contributed by atoms with Gasteiger partial charge in [0.1, 0.15) is 5.75 Å². The van der Waals surface area contributed by atoms with E-state index in [4.69, 9.17) is 4.74 Å². The summed E-state index contributed by atoms with van der Waals surface area (Å²) in [6, 6.07) is 13.4. The Bertz CT molecular complexity index is 892. The SMILES string of the molecule is Cc1c(C(=O)NCC2CCN(C(=O)Oc3ccccc3)CC2)cccc1[N+](=O)[O-]. The van der Waals surface area contributed by atoms with E-state index in [1.165, 1.54) is 12.1 Å². The maximum Gasteiger partial charge on any atom is 0.415 e. The van der Waals surface area contributed by atoms with Gasteiger partial charge in [0.05, 0.1) is 4.92 Å². The van der Waals surface area contributed by atoms with Crippen molar-refractivity contribution in [1.29, 1.82) is 0 Å². The molecule has 1 heterocycles. The number of benzene rings is 2. The molecular formula is C21H23N3O5. The summed E-state index contributed by atoms with van der Waals surface area (Å²) in [5, 5.41) is 13.9. The van der Waals surface area contributed by atoms with Crippen molar-refractivity contribution in [1.82, 2.24) is 10.2 Å². The molecule has 2 aromatic rings. The van der Waals surface area contributed by atoms with E-state index in [9.17, 15) is 19.7 Å². The second kappa shape index (κ2) is 9.18. The van der Waals surface area contributed by atoms with Gasteiger partial charge in [-0.25, -0.2) is 4.79 Å². The lowest BCUT2D eigenvalue weighted by atomic mass is 9.96. The highest BCUT2D eigenvalue weighted by Crippen LogP contribution is 2.22. The molecule has 8 heteroatoms. The zero-order valence-electron chi connectivity index (χ0n) is 16.2. The minimum atomic E-state index is -0.490. The van der Waals surface area contributed by atoms with Crippen molar-refractivity contribution in [2.24, 2.45) is 5.92 Å². The van der Waals surface area contributed by atoms with Crippen LogP contribution in [0, 0.1) is 23.0 Å². The van der Waals surface area contributed by atoms with E-state index in [-0.39, 0.29) is 23.6 Å². The van der Waals surface area contributed by atoms with Crippen molar-refractivity contribution in [3.63, 3.8) is 0 Å². The number of carbonyl (C=O) groups is 2. The highest BCUT2D eigenvalue weighted by atomic mass is 16.6. The number of nitrogens with zero attached hydrogens (tertiary/aromatic N) is 2. The Balaban J connectivity index is 1.48. The molecule has 1 fully saturated rings. The first-order valence-corrected chi connectivity index (χ1v) is 9.49. The molecule has 3 rings (SSSR count). The summed E-state index contributed by atoms with van der Waals surface area (Å²) in [5.74, 6) is 0.426. The van der Waals surface area contributed by atoms with E-state index >= 15 is 0 Å². The Morgan fingerprint density at radius 2 is 1.83 bits per heavy atom. The number of para-hydroxylation sites is 1. The van der Waals surface area contributed by atoms with Crippen molar-refractivity contribution in [3.8, 4) is 5.75 Å². The molecule has 29 heavy (non-hydrogen) atoms. The van der Waals surface area contributed by atoms with Gasteiger partial charge in [-0.15, -0.1) is 0 Å². The largest absolute Gasteiger partial charge is 0.415 e. The normalized spacial score (nSPS) is 14.3. The molecule has 0 bridgehead atoms. The fraction of sp³-hybridized carbons (Fsp3) is 0.333. The number of ether oxygens (including phenoxy) is 1. The number of rotatable bonds is 5. The van der Waals surface area contributed by atoms with Gasteiger partial charge in [-0.1, -0.05) is 24.3 Å². The summed E-state index contributed by atoms with van der Waals surface area (Å²) in [5.41, 5.74) is 0.597. The fourth-order valence-electron chi connectivity index (χ4n) is 3.37. The first-order valence-electron chi connectivity index (χ1n) is 9.49. The summed E-state index contributed by atoms with van der Waals surface area (Å²) in [7, 11) is 0. The van der Waals surface area contributed by atoms with Crippen LogP contribution in [0.1, 0.15) is 28.8 Å². The Labute approximate surface area is 168 Å². The maximum atomic E-state index is 12.4. The molecule has 0 radical (unpaired) electrons. The van der Waals surface area contributed by atoms with Gasteiger partial charge >= 0.3 is 6.09 Å². The van der Waals surface area contributed by atoms with Crippen LogP contribution in [-0.2, 0) is 0 Å². The lowest BCUT2D eigenvalue weighted by molar-refractivity contribution is -0.385. The standard InChI is InChI=1S/C21H23N3O5/c1-15-18(8-5-9-19(15)24(27)28)20(25)22-14-16-10-12-23(13-11-16)21(26)29-17-6-3-2-4-7-17/h2-9,16H,10-14H2,1H3,(H,22,25). The quantitative estimate of drug-likeness (QED) is 0.614. The second-order valence-corrected chi connectivity index (χ2v) is 7.03. The van der Waals surface area contributed by atoms with Gasteiger partial charge in [0.2, 0.25) is 0 Å². The van der Waals surface area contributed by atoms with Crippen molar-refractivity contribution in [2.45, 2.75) is 19.8 Å². The third kappa shape index (κ3) is 5.10. The Morgan fingerprint density at radius 3 is 2.48 bits per heavy atom. The van der Waals surface area contributed by atoms with Gasteiger partial charge in [-0.2, -0.15) is 0 Å². The van der Waals surface area contributed by atoms with Gasteiger partial charge in [-0.05, 0) is 43.9 Å². The molecule has 8 nitrogen and oxygen atoms in total. The fourth-order valence-corrected chi connectivity index (χ4v) is 3.37. The first kappa shape index (κ1) is 20.3. The van der Waals surface area contributed by atoms with Crippen LogP contribution in [-0.4, -0.2) is 41.5 Å².